The Kier molecular flexibility index (Phi) is 1.96. The number of para-hydroxylation sites is 1. The number of hydrogen-bond donors (Lipinski definition) is 1. The van der Waals surface area contributed by atoms with Gasteiger partial charge in [-0.3, -0.25) is 0 Å². The molecule has 0 saturated carbocycles. The van der Waals surface area contributed by atoms with E-state index in [9.17, 15) is 4.39 Å². The molecule has 0 aliphatic heterocycles. The van der Waals surface area contributed by atoms with Gasteiger partial charge in [0.15, 0.2) is 0 Å². The Balaban J connectivity index is 2.55. The third-order valence-corrected chi connectivity index (χ3v) is 2.03. The molecule has 0 unspecified atom stereocenters. The van der Waals surface area contributed by atoms with Crippen LogP contribution in [0.2, 0.25) is 0 Å². The molecular weight excluding hydrogens is 181 g/mol. The molecule has 4 heteroatoms. The first kappa shape index (κ1) is 8.74. The van der Waals surface area contributed by atoms with Crippen molar-refractivity contribution in [2.24, 2.45) is 0 Å². The second kappa shape index (κ2) is 3.14. The molecule has 0 aliphatic rings. The molecule has 2 aromatic rings. The van der Waals surface area contributed by atoms with Crippen LogP contribution in [0.1, 0.15) is 5.56 Å². The van der Waals surface area contributed by atoms with E-state index in [4.69, 9.17) is 5.73 Å². The van der Waals surface area contributed by atoms with Gasteiger partial charge in [-0.1, -0.05) is 12.1 Å². The van der Waals surface area contributed by atoms with Crippen LogP contribution in [0.4, 0.5) is 10.2 Å². The van der Waals surface area contributed by atoms with Gasteiger partial charge in [0.25, 0.3) is 0 Å². The summed E-state index contributed by atoms with van der Waals surface area (Å²) in [6, 6.07) is 6.44. The fourth-order valence-electron chi connectivity index (χ4n) is 1.23. The molecule has 2 N–H and O–H groups in total. The number of rotatable bonds is 1. The molecule has 14 heavy (non-hydrogen) atoms. The van der Waals surface area contributed by atoms with Gasteiger partial charge in [0, 0.05) is 11.8 Å². The number of benzene rings is 1. The molecule has 2 rings (SSSR count). The highest BCUT2D eigenvalue weighted by Crippen LogP contribution is 2.15. The van der Waals surface area contributed by atoms with Gasteiger partial charge in [-0.25, -0.2) is 9.07 Å². The minimum Gasteiger partial charge on any atom is -0.382 e. The summed E-state index contributed by atoms with van der Waals surface area (Å²) in [5.74, 6) is 0.114. The van der Waals surface area contributed by atoms with Crippen molar-refractivity contribution in [3.05, 3.63) is 41.8 Å². The Morgan fingerprint density at radius 1 is 1.36 bits per heavy atom. The van der Waals surface area contributed by atoms with Crippen molar-refractivity contribution in [1.29, 1.82) is 0 Å². The molecule has 72 valence electrons. The molecule has 0 aliphatic carbocycles. The topological polar surface area (TPSA) is 43.8 Å². The number of nitrogens with two attached hydrogens (primary N) is 1. The number of halogens is 1. The maximum Gasteiger partial charge on any atom is 0.148 e. The first-order valence-corrected chi connectivity index (χ1v) is 4.25. The van der Waals surface area contributed by atoms with Crippen LogP contribution in [0, 0.1) is 12.7 Å². The van der Waals surface area contributed by atoms with Gasteiger partial charge in [-0.15, -0.1) is 0 Å². The molecule has 3 nitrogen and oxygen atoms in total. The number of nitrogen functional groups attached to an aromatic ring is 1. The van der Waals surface area contributed by atoms with E-state index in [1.54, 1.807) is 24.4 Å². The zero-order chi connectivity index (χ0) is 10.1. The van der Waals surface area contributed by atoms with Crippen LogP contribution in [0.5, 0.6) is 0 Å². The van der Waals surface area contributed by atoms with Gasteiger partial charge in [0.2, 0.25) is 0 Å². The van der Waals surface area contributed by atoms with Gasteiger partial charge in [0.05, 0.1) is 0 Å². The summed E-state index contributed by atoms with van der Waals surface area (Å²) >= 11 is 0. The van der Waals surface area contributed by atoms with Gasteiger partial charge in [-0.2, -0.15) is 5.10 Å². The number of aryl methyl sites for hydroxylation is 1. The summed E-state index contributed by atoms with van der Waals surface area (Å²) in [6.07, 6.45) is 1.70. The molecule has 0 spiro atoms. The number of anilines is 1. The number of hydrogen-bond acceptors (Lipinski definition) is 2. The highest BCUT2D eigenvalue weighted by atomic mass is 19.1. The smallest absolute Gasteiger partial charge is 0.148 e. The normalized spacial score (nSPS) is 10.4. The third kappa shape index (κ3) is 1.35. The maximum absolute atomic E-state index is 13.3. The maximum atomic E-state index is 13.3. The SMILES string of the molecule is Cc1cn(-c2ccccc2F)nc1N. The average molecular weight is 191 g/mol. The van der Waals surface area contributed by atoms with Crippen LogP contribution in [0.3, 0.4) is 0 Å². The summed E-state index contributed by atoms with van der Waals surface area (Å²) in [5.41, 5.74) is 6.82. The Hall–Kier alpha value is -1.84. The van der Waals surface area contributed by atoms with Crippen LogP contribution in [0.25, 0.3) is 5.69 Å². The average Bonchev–Trinajstić information content (AvgIpc) is 2.48. The van der Waals surface area contributed by atoms with Crippen LogP contribution < -0.4 is 5.73 Å². The predicted molar refractivity (Wildman–Crippen MR) is 52.7 cm³/mol. The van der Waals surface area contributed by atoms with Crippen LogP contribution in [0.15, 0.2) is 30.5 Å². The first-order valence-electron chi connectivity index (χ1n) is 4.25. The van der Waals surface area contributed by atoms with E-state index in [0.717, 1.165) is 5.56 Å². The van der Waals surface area contributed by atoms with Crippen molar-refractivity contribution in [3.8, 4) is 5.69 Å². The minimum absolute atomic E-state index is 0.310. The van der Waals surface area contributed by atoms with Crippen molar-refractivity contribution in [2.75, 3.05) is 5.73 Å². The van der Waals surface area contributed by atoms with Crippen LogP contribution in [-0.4, -0.2) is 9.78 Å². The van der Waals surface area contributed by atoms with E-state index in [1.165, 1.54) is 10.7 Å². The van der Waals surface area contributed by atoms with E-state index in [1.807, 2.05) is 6.92 Å². The molecule has 1 aromatic heterocycles. The third-order valence-electron chi connectivity index (χ3n) is 2.03. The molecule has 0 bridgehead atoms. The molecule has 0 fully saturated rings. The summed E-state index contributed by atoms with van der Waals surface area (Å²) < 4.78 is 14.8. The van der Waals surface area contributed by atoms with Crippen molar-refractivity contribution in [2.45, 2.75) is 6.92 Å². The van der Waals surface area contributed by atoms with Crippen molar-refractivity contribution < 1.29 is 4.39 Å². The van der Waals surface area contributed by atoms with Crippen molar-refractivity contribution in [3.63, 3.8) is 0 Å². The quantitative estimate of drug-likeness (QED) is 0.748. The zero-order valence-corrected chi connectivity index (χ0v) is 7.74. The lowest BCUT2D eigenvalue weighted by atomic mass is 10.3. The van der Waals surface area contributed by atoms with Gasteiger partial charge < -0.3 is 5.73 Å². The summed E-state index contributed by atoms with van der Waals surface area (Å²) in [6.45, 7) is 1.83. The van der Waals surface area contributed by atoms with E-state index >= 15 is 0 Å². The predicted octanol–water partition coefficient (Wildman–Crippen LogP) is 1.90. The van der Waals surface area contributed by atoms with Crippen LogP contribution >= 0.6 is 0 Å². The lowest BCUT2D eigenvalue weighted by Crippen LogP contribution is -1.98. The lowest BCUT2D eigenvalue weighted by molar-refractivity contribution is 0.611. The van der Waals surface area contributed by atoms with Crippen molar-refractivity contribution in [1.82, 2.24) is 9.78 Å². The fourth-order valence-corrected chi connectivity index (χ4v) is 1.23. The van der Waals surface area contributed by atoms with Gasteiger partial charge in [0.1, 0.15) is 17.3 Å². The van der Waals surface area contributed by atoms with Gasteiger partial charge >= 0.3 is 0 Å². The molecule has 0 atom stereocenters. The van der Waals surface area contributed by atoms with E-state index in [0.29, 0.717) is 11.5 Å². The van der Waals surface area contributed by atoms with Crippen molar-refractivity contribution >= 4 is 5.82 Å². The van der Waals surface area contributed by atoms with E-state index in [2.05, 4.69) is 5.10 Å². The minimum atomic E-state index is -0.310. The lowest BCUT2D eigenvalue weighted by Gasteiger charge is -2.01. The fraction of sp³-hybridized carbons (Fsp3) is 0.100. The largest absolute Gasteiger partial charge is 0.382 e. The van der Waals surface area contributed by atoms with E-state index < -0.39 is 0 Å². The molecule has 1 aromatic carbocycles. The number of aromatic nitrogens is 2. The first-order chi connectivity index (χ1) is 6.68. The van der Waals surface area contributed by atoms with E-state index in [-0.39, 0.29) is 5.82 Å². The Morgan fingerprint density at radius 2 is 2.07 bits per heavy atom. The molecule has 0 amide bonds. The molecular formula is C10H10FN3. The monoisotopic (exact) mass is 191 g/mol. The zero-order valence-electron chi connectivity index (χ0n) is 7.74. The van der Waals surface area contributed by atoms with Crippen LogP contribution in [-0.2, 0) is 0 Å². The summed E-state index contributed by atoms with van der Waals surface area (Å²) in [7, 11) is 0. The Morgan fingerprint density at radius 3 is 2.64 bits per heavy atom. The molecule has 0 saturated heterocycles. The highest BCUT2D eigenvalue weighted by Gasteiger charge is 2.06. The highest BCUT2D eigenvalue weighted by molar-refractivity contribution is 5.41. The summed E-state index contributed by atoms with van der Waals surface area (Å²) in [5, 5.41) is 4.00. The Labute approximate surface area is 81.0 Å². The standard InChI is InChI=1S/C10H10FN3/c1-7-6-14(13-10(7)12)9-5-3-2-4-8(9)11/h2-6H,1H3,(H2,12,13). The van der Waals surface area contributed by atoms with Gasteiger partial charge in [-0.05, 0) is 19.1 Å². The summed E-state index contributed by atoms with van der Waals surface area (Å²) in [4.78, 5) is 0. The molecule has 0 radical (unpaired) electrons. The second-order valence-electron chi connectivity index (χ2n) is 3.09. The Bertz CT molecular complexity index is 443. The number of nitrogens with zero attached hydrogens (tertiary/aromatic N) is 2. The molecule has 1 heterocycles. The second-order valence-corrected chi connectivity index (χ2v) is 3.09.